The van der Waals surface area contributed by atoms with Crippen LogP contribution in [0.2, 0.25) is 0 Å². The molecule has 2 aromatic rings. The van der Waals surface area contributed by atoms with Crippen LogP contribution in [0, 0.1) is 0 Å². The highest BCUT2D eigenvalue weighted by Gasteiger charge is 2.04. The van der Waals surface area contributed by atoms with Crippen LogP contribution in [0.3, 0.4) is 0 Å². The molecular weight excluding hydrogens is 352 g/mol. The Labute approximate surface area is 170 Å². The minimum absolute atomic E-state index is 0.650. The van der Waals surface area contributed by atoms with Gasteiger partial charge >= 0.3 is 0 Å². The molecule has 0 unspecified atom stereocenters. The molecule has 2 rings (SSSR count). The first-order valence-electron chi connectivity index (χ1n) is 11.1. The summed E-state index contributed by atoms with van der Waals surface area (Å²) in [5.41, 5.74) is 0. The third kappa shape index (κ3) is 9.51. The second-order valence-electron chi connectivity index (χ2n) is 7.53. The van der Waals surface area contributed by atoms with Gasteiger partial charge in [-0.05, 0) is 25.7 Å². The third-order valence-electron chi connectivity index (χ3n) is 4.84. The first-order valence-corrected chi connectivity index (χ1v) is 11.1. The fourth-order valence-corrected chi connectivity index (χ4v) is 3.08. The van der Waals surface area contributed by atoms with Gasteiger partial charge < -0.3 is 9.47 Å². The van der Waals surface area contributed by atoms with Gasteiger partial charge in [0.05, 0.1) is 26.3 Å². The van der Waals surface area contributed by atoms with Gasteiger partial charge in [0.1, 0.15) is 24.8 Å². The predicted octanol–water partition coefficient (Wildman–Crippen LogP) is 3.67. The summed E-state index contributed by atoms with van der Waals surface area (Å²) in [7, 11) is 0. The van der Waals surface area contributed by atoms with E-state index in [1.54, 1.807) is 0 Å². The molecule has 0 aliphatic heterocycles. The van der Waals surface area contributed by atoms with Crippen molar-refractivity contribution in [2.45, 2.75) is 91.8 Å². The number of nitrogens with zero attached hydrogens (tertiary/aromatic N) is 4. The van der Waals surface area contributed by atoms with E-state index in [9.17, 15) is 0 Å². The molecule has 0 aliphatic carbocycles. The van der Waals surface area contributed by atoms with Crippen molar-refractivity contribution in [2.24, 2.45) is 0 Å². The van der Waals surface area contributed by atoms with Crippen LogP contribution in [0.4, 0.5) is 0 Å². The first-order chi connectivity index (χ1) is 13.8. The molecule has 0 amide bonds. The zero-order valence-electron chi connectivity index (χ0n) is 18.0. The summed E-state index contributed by atoms with van der Waals surface area (Å²) < 4.78 is 20.2. The van der Waals surface area contributed by atoms with E-state index >= 15 is 0 Å². The van der Waals surface area contributed by atoms with E-state index in [4.69, 9.17) is 9.47 Å². The van der Waals surface area contributed by atoms with E-state index in [2.05, 4.69) is 69.6 Å². The van der Waals surface area contributed by atoms with Gasteiger partial charge in [0.15, 0.2) is 13.5 Å². The van der Waals surface area contributed by atoms with Crippen molar-refractivity contribution in [1.29, 1.82) is 0 Å². The van der Waals surface area contributed by atoms with Crippen LogP contribution in [0.15, 0.2) is 37.4 Å². The number of hydrogen-bond acceptors (Lipinski definition) is 2. The van der Waals surface area contributed by atoms with Gasteiger partial charge in [0, 0.05) is 0 Å². The molecule has 0 N–H and O–H groups in total. The molecule has 0 saturated heterocycles. The lowest BCUT2D eigenvalue weighted by molar-refractivity contribution is -0.732. The summed E-state index contributed by atoms with van der Waals surface area (Å²) in [6.45, 7) is 9.58. The SMILES string of the molecule is CCCCn1cc[n+](COCCCCCCOC[n+]2ccn(CCCC)c2)c1. The second-order valence-corrected chi connectivity index (χ2v) is 7.53. The molecule has 0 saturated carbocycles. The maximum atomic E-state index is 5.77. The van der Waals surface area contributed by atoms with Gasteiger partial charge in [-0.1, -0.05) is 39.5 Å². The van der Waals surface area contributed by atoms with Gasteiger partial charge in [-0.2, -0.15) is 0 Å². The summed E-state index contributed by atoms with van der Waals surface area (Å²) in [4.78, 5) is 0. The number of aromatic nitrogens is 4. The Morgan fingerprint density at radius 2 is 1.11 bits per heavy atom. The quantitative estimate of drug-likeness (QED) is 0.304. The Morgan fingerprint density at radius 1 is 0.643 bits per heavy atom. The molecule has 6 heteroatoms. The standard InChI is InChI=1S/C22H40N4O2/c1-3-5-11-23-13-15-25(19-23)21-27-17-9-7-8-10-18-28-22-26-16-14-24(20-26)12-6-4-2/h13-16,19-20H,3-12,17-18,21-22H2,1-2H3/q+2. The van der Waals surface area contributed by atoms with E-state index in [0.29, 0.717) is 13.5 Å². The second kappa shape index (κ2) is 14.4. The normalized spacial score (nSPS) is 11.4. The molecule has 0 bridgehead atoms. The summed E-state index contributed by atoms with van der Waals surface area (Å²) in [6.07, 6.45) is 22.2. The molecular formula is C22H40N4O2+2. The van der Waals surface area contributed by atoms with E-state index in [0.717, 1.165) is 39.1 Å². The molecule has 2 heterocycles. The van der Waals surface area contributed by atoms with Crippen LogP contribution < -0.4 is 9.13 Å². The Bertz CT molecular complexity index is 569. The van der Waals surface area contributed by atoms with Gasteiger partial charge in [0.2, 0.25) is 12.7 Å². The summed E-state index contributed by atoms with van der Waals surface area (Å²) in [6, 6.07) is 0. The lowest BCUT2D eigenvalue weighted by Gasteiger charge is -2.03. The Kier molecular flexibility index (Phi) is 11.6. The average Bonchev–Trinajstić information content (AvgIpc) is 3.35. The van der Waals surface area contributed by atoms with Crippen molar-refractivity contribution >= 4 is 0 Å². The molecule has 0 aromatic carbocycles. The maximum absolute atomic E-state index is 5.77. The number of unbranched alkanes of at least 4 members (excludes halogenated alkanes) is 5. The van der Waals surface area contributed by atoms with Crippen LogP contribution in [0.5, 0.6) is 0 Å². The minimum Gasteiger partial charge on any atom is -0.342 e. The highest BCUT2D eigenvalue weighted by atomic mass is 16.5. The van der Waals surface area contributed by atoms with Crippen molar-refractivity contribution in [3.05, 3.63) is 37.4 Å². The Balaban J connectivity index is 1.39. The number of rotatable bonds is 17. The van der Waals surface area contributed by atoms with E-state index in [-0.39, 0.29) is 0 Å². The smallest absolute Gasteiger partial charge is 0.245 e. The number of aryl methyl sites for hydroxylation is 2. The number of ether oxygens (including phenoxy) is 2. The zero-order chi connectivity index (χ0) is 19.9. The van der Waals surface area contributed by atoms with Crippen molar-refractivity contribution < 1.29 is 18.6 Å². The first kappa shape index (κ1) is 22.6. The predicted molar refractivity (Wildman–Crippen MR) is 109 cm³/mol. The number of imidazole rings is 2. The third-order valence-corrected chi connectivity index (χ3v) is 4.84. The van der Waals surface area contributed by atoms with Gasteiger partial charge in [-0.3, -0.25) is 0 Å². The minimum atomic E-state index is 0.650. The topological polar surface area (TPSA) is 36.1 Å². The molecule has 158 valence electrons. The highest BCUT2D eigenvalue weighted by molar-refractivity contribution is 4.66. The Hall–Kier alpha value is -1.66. The van der Waals surface area contributed by atoms with Crippen LogP contribution in [-0.2, 0) is 36.0 Å². The summed E-state index contributed by atoms with van der Waals surface area (Å²) in [5, 5.41) is 0. The van der Waals surface area contributed by atoms with Crippen LogP contribution >= 0.6 is 0 Å². The zero-order valence-corrected chi connectivity index (χ0v) is 18.0. The van der Waals surface area contributed by atoms with Gasteiger partial charge in [0.25, 0.3) is 0 Å². The van der Waals surface area contributed by atoms with Gasteiger partial charge in [-0.25, -0.2) is 18.3 Å². The maximum Gasteiger partial charge on any atom is 0.245 e. The number of hydrogen-bond donors (Lipinski definition) is 0. The molecule has 0 radical (unpaired) electrons. The highest BCUT2D eigenvalue weighted by Crippen LogP contribution is 2.01. The molecule has 0 fully saturated rings. The lowest BCUT2D eigenvalue weighted by atomic mass is 10.2. The molecule has 0 atom stereocenters. The van der Waals surface area contributed by atoms with Crippen LogP contribution in [0.1, 0.15) is 65.2 Å². The fraction of sp³-hybridized carbons (Fsp3) is 0.727. The van der Waals surface area contributed by atoms with Crippen LogP contribution in [0.25, 0.3) is 0 Å². The van der Waals surface area contributed by atoms with Crippen molar-refractivity contribution in [3.63, 3.8) is 0 Å². The van der Waals surface area contributed by atoms with E-state index < -0.39 is 0 Å². The lowest BCUT2D eigenvalue weighted by Crippen LogP contribution is -2.32. The van der Waals surface area contributed by atoms with Crippen molar-refractivity contribution in [2.75, 3.05) is 13.2 Å². The monoisotopic (exact) mass is 392 g/mol. The van der Waals surface area contributed by atoms with Crippen LogP contribution in [-0.4, -0.2) is 22.3 Å². The summed E-state index contributed by atoms with van der Waals surface area (Å²) >= 11 is 0. The summed E-state index contributed by atoms with van der Waals surface area (Å²) in [5.74, 6) is 0. The van der Waals surface area contributed by atoms with Crippen molar-refractivity contribution in [1.82, 2.24) is 9.13 Å². The molecule has 28 heavy (non-hydrogen) atoms. The molecule has 6 nitrogen and oxygen atoms in total. The molecule has 0 aliphatic rings. The van der Waals surface area contributed by atoms with E-state index in [1.165, 1.54) is 38.5 Å². The Morgan fingerprint density at radius 3 is 1.54 bits per heavy atom. The van der Waals surface area contributed by atoms with Crippen molar-refractivity contribution in [3.8, 4) is 0 Å². The molecule has 2 aromatic heterocycles. The van der Waals surface area contributed by atoms with Gasteiger partial charge in [-0.15, -0.1) is 0 Å². The van der Waals surface area contributed by atoms with E-state index in [1.807, 2.05) is 0 Å². The molecule has 0 spiro atoms. The largest absolute Gasteiger partial charge is 0.342 e. The fourth-order valence-electron chi connectivity index (χ4n) is 3.08. The average molecular weight is 393 g/mol.